The Bertz CT molecular complexity index is 522. The van der Waals surface area contributed by atoms with Crippen LogP contribution in [-0.4, -0.2) is 29.1 Å². The number of hydrogen-bond donors (Lipinski definition) is 1. The van der Waals surface area contributed by atoms with Gasteiger partial charge in [0.25, 0.3) is 0 Å². The van der Waals surface area contributed by atoms with Crippen LogP contribution in [0.5, 0.6) is 0 Å². The Kier molecular flexibility index (Phi) is 7.14. The lowest BCUT2D eigenvalue weighted by Gasteiger charge is -2.33. The third-order valence-electron chi connectivity index (χ3n) is 5.47. The Balaban J connectivity index is 0.00000104. The normalized spacial score (nSPS) is 27.1. The van der Waals surface area contributed by atoms with E-state index < -0.39 is 0 Å². The van der Waals surface area contributed by atoms with E-state index in [1.165, 1.54) is 56.5 Å². The molecule has 24 heavy (non-hydrogen) atoms. The maximum absolute atomic E-state index is 5.98. The Labute approximate surface area is 157 Å². The molecule has 0 radical (unpaired) electrons. The Hall–Kier alpha value is -0.580. The lowest BCUT2D eigenvalue weighted by molar-refractivity contribution is 0.344. The monoisotopic (exact) mass is 372 g/mol. The number of halogens is 2. The summed E-state index contributed by atoms with van der Waals surface area (Å²) in [5.74, 6) is 3.50. The highest BCUT2D eigenvalue weighted by molar-refractivity contribution is 5.85. The molecule has 1 aliphatic heterocycles. The van der Waals surface area contributed by atoms with Crippen LogP contribution in [0.15, 0.2) is 6.07 Å². The van der Waals surface area contributed by atoms with Crippen molar-refractivity contribution in [2.75, 3.05) is 18.0 Å². The average Bonchev–Trinajstić information content (AvgIpc) is 3.27. The van der Waals surface area contributed by atoms with E-state index in [0.29, 0.717) is 17.9 Å². The van der Waals surface area contributed by atoms with Gasteiger partial charge in [0.1, 0.15) is 11.6 Å². The van der Waals surface area contributed by atoms with Gasteiger partial charge in [-0.1, -0.05) is 19.3 Å². The Morgan fingerprint density at radius 1 is 0.875 bits per heavy atom. The second-order valence-corrected chi connectivity index (χ2v) is 7.47. The number of anilines is 1. The lowest BCUT2D eigenvalue weighted by atomic mass is 9.78. The molecule has 136 valence electrons. The predicted molar refractivity (Wildman–Crippen MR) is 104 cm³/mol. The minimum atomic E-state index is 0. The molecule has 0 bridgehead atoms. The molecule has 2 N–H and O–H groups in total. The average molecular weight is 373 g/mol. The van der Waals surface area contributed by atoms with Gasteiger partial charge in [0, 0.05) is 42.7 Å². The molecule has 0 aromatic carbocycles. The molecule has 0 spiro atoms. The number of nitrogens with zero attached hydrogens (tertiary/aromatic N) is 3. The van der Waals surface area contributed by atoms with Crippen molar-refractivity contribution in [2.24, 2.45) is 5.73 Å². The number of hydrogen-bond acceptors (Lipinski definition) is 4. The fraction of sp³-hybridized carbons (Fsp3) is 0.778. The van der Waals surface area contributed by atoms with E-state index in [9.17, 15) is 0 Å². The maximum atomic E-state index is 5.98. The minimum Gasteiger partial charge on any atom is -0.357 e. The standard InChI is InChI=1S/C18H28N4.2ClH/c19-15-10-14(11-15)16-12-17(21-18(20-16)13-6-7-13)22-8-4-2-1-3-5-9-22;;/h12-15H,1-11,19H2;2*1H. The zero-order valence-electron chi connectivity index (χ0n) is 14.3. The third-order valence-corrected chi connectivity index (χ3v) is 5.47. The topological polar surface area (TPSA) is 55.0 Å². The molecule has 1 aromatic heterocycles. The van der Waals surface area contributed by atoms with Gasteiger partial charge < -0.3 is 10.6 Å². The van der Waals surface area contributed by atoms with Gasteiger partial charge >= 0.3 is 0 Å². The highest BCUT2D eigenvalue weighted by Crippen LogP contribution is 2.41. The highest BCUT2D eigenvalue weighted by Gasteiger charge is 2.32. The summed E-state index contributed by atoms with van der Waals surface area (Å²) in [6.07, 6.45) is 11.5. The van der Waals surface area contributed by atoms with Crippen LogP contribution in [0.2, 0.25) is 0 Å². The molecule has 2 heterocycles. The quantitative estimate of drug-likeness (QED) is 0.864. The van der Waals surface area contributed by atoms with Crippen molar-refractivity contribution >= 4 is 30.6 Å². The van der Waals surface area contributed by atoms with Gasteiger partial charge in [-0.25, -0.2) is 9.97 Å². The van der Waals surface area contributed by atoms with Crippen molar-refractivity contribution in [1.82, 2.24) is 9.97 Å². The predicted octanol–water partition coefficient (Wildman–Crippen LogP) is 4.17. The summed E-state index contributed by atoms with van der Waals surface area (Å²) in [5, 5.41) is 0. The molecule has 2 aliphatic carbocycles. The molecule has 1 aromatic rings. The summed E-state index contributed by atoms with van der Waals surface area (Å²) < 4.78 is 0. The Morgan fingerprint density at radius 2 is 1.50 bits per heavy atom. The molecular formula is C18H30Cl2N4. The van der Waals surface area contributed by atoms with Crippen molar-refractivity contribution in [3.8, 4) is 0 Å². The van der Waals surface area contributed by atoms with Crippen molar-refractivity contribution in [2.45, 2.75) is 75.7 Å². The summed E-state index contributed by atoms with van der Waals surface area (Å²) in [7, 11) is 0. The first-order valence-electron chi connectivity index (χ1n) is 9.19. The summed E-state index contributed by atoms with van der Waals surface area (Å²) in [6.45, 7) is 2.31. The molecule has 0 unspecified atom stereocenters. The second-order valence-electron chi connectivity index (χ2n) is 7.47. The Morgan fingerprint density at radius 3 is 2.08 bits per heavy atom. The first-order valence-corrected chi connectivity index (χ1v) is 9.19. The summed E-state index contributed by atoms with van der Waals surface area (Å²) in [4.78, 5) is 12.3. The molecule has 2 saturated carbocycles. The van der Waals surface area contributed by atoms with Crippen molar-refractivity contribution in [3.05, 3.63) is 17.6 Å². The fourth-order valence-electron chi connectivity index (χ4n) is 3.75. The van der Waals surface area contributed by atoms with Crippen LogP contribution in [0, 0.1) is 0 Å². The SMILES string of the molecule is Cl.Cl.NC1CC(c2cc(N3CCCCCCC3)nc(C3CC3)n2)C1. The van der Waals surface area contributed by atoms with Crippen LogP contribution in [0.3, 0.4) is 0 Å². The number of aromatic nitrogens is 2. The van der Waals surface area contributed by atoms with Gasteiger partial charge in [-0.3, -0.25) is 0 Å². The van der Waals surface area contributed by atoms with Crippen molar-refractivity contribution in [3.63, 3.8) is 0 Å². The van der Waals surface area contributed by atoms with E-state index in [1.54, 1.807) is 0 Å². The molecule has 0 amide bonds. The molecule has 3 fully saturated rings. The van der Waals surface area contributed by atoms with E-state index in [0.717, 1.165) is 31.8 Å². The zero-order valence-corrected chi connectivity index (χ0v) is 16.0. The molecule has 0 atom stereocenters. The van der Waals surface area contributed by atoms with Gasteiger partial charge in [0.2, 0.25) is 0 Å². The summed E-state index contributed by atoms with van der Waals surface area (Å²) >= 11 is 0. The molecule has 1 saturated heterocycles. The van der Waals surface area contributed by atoms with Crippen molar-refractivity contribution < 1.29 is 0 Å². The number of rotatable bonds is 3. The van der Waals surface area contributed by atoms with E-state index in [4.69, 9.17) is 15.7 Å². The van der Waals surface area contributed by atoms with E-state index in [-0.39, 0.29) is 24.8 Å². The molecule has 3 aliphatic rings. The van der Waals surface area contributed by atoms with E-state index >= 15 is 0 Å². The maximum Gasteiger partial charge on any atom is 0.134 e. The number of nitrogens with two attached hydrogens (primary N) is 1. The molecule has 6 heteroatoms. The van der Waals surface area contributed by atoms with E-state index in [2.05, 4.69) is 11.0 Å². The summed E-state index contributed by atoms with van der Waals surface area (Å²) in [6, 6.07) is 2.65. The van der Waals surface area contributed by atoms with Crippen LogP contribution in [0.1, 0.15) is 81.1 Å². The van der Waals surface area contributed by atoms with Crippen LogP contribution in [0.4, 0.5) is 5.82 Å². The van der Waals surface area contributed by atoms with Gasteiger partial charge in [0.05, 0.1) is 0 Å². The fourth-order valence-corrected chi connectivity index (χ4v) is 3.75. The summed E-state index contributed by atoms with van der Waals surface area (Å²) in [5.41, 5.74) is 7.24. The van der Waals surface area contributed by atoms with Gasteiger partial charge in [-0.2, -0.15) is 0 Å². The van der Waals surface area contributed by atoms with Crippen molar-refractivity contribution in [1.29, 1.82) is 0 Å². The molecule has 4 rings (SSSR count). The van der Waals surface area contributed by atoms with Crippen LogP contribution in [-0.2, 0) is 0 Å². The van der Waals surface area contributed by atoms with Crippen LogP contribution in [0.25, 0.3) is 0 Å². The van der Waals surface area contributed by atoms with Gasteiger partial charge in [0.15, 0.2) is 0 Å². The lowest BCUT2D eigenvalue weighted by Crippen LogP contribution is -2.35. The zero-order chi connectivity index (χ0) is 14.9. The van der Waals surface area contributed by atoms with Crippen LogP contribution < -0.4 is 10.6 Å². The smallest absolute Gasteiger partial charge is 0.134 e. The van der Waals surface area contributed by atoms with Gasteiger partial charge in [-0.05, 0) is 38.5 Å². The van der Waals surface area contributed by atoms with Gasteiger partial charge in [-0.15, -0.1) is 24.8 Å². The highest BCUT2D eigenvalue weighted by atomic mass is 35.5. The molecular weight excluding hydrogens is 343 g/mol. The first-order chi connectivity index (χ1) is 10.8. The minimum absolute atomic E-state index is 0. The first kappa shape index (κ1) is 19.7. The second kappa shape index (κ2) is 8.68. The van der Waals surface area contributed by atoms with E-state index in [1.807, 2.05) is 0 Å². The van der Waals surface area contributed by atoms with Crippen LogP contribution >= 0.6 is 24.8 Å². The largest absolute Gasteiger partial charge is 0.357 e. The molecule has 4 nitrogen and oxygen atoms in total. The third kappa shape index (κ3) is 4.53.